The molecule has 5 heteroatoms. The Morgan fingerprint density at radius 1 is 0.867 bits per heavy atom. The molecule has 0 saturated carbocycles. The predicted molar refractivity (Wildman–Crippen MR) is 117 cm³/mol. The molecule has 0 fully saturated rings. The van der Waals surface area contributed by atoms with Crippen LogP contribution in [0.1, 0.15) is 49.7 Å². The van der Waals surface area contributed by atoms with Gasteiger partial charge < -0.3 is 20.1 Å². The number of unbranched alkanes of at least 4 members (excludes halogenated alkanes) is 3. The van der Waals surface area contributed by atoms with Gasteiger partial charge in [-0.05, 0) is 72.4 Å². The lowest BCUT2D eigenvalue weighted by Gasteiger charge is -2.10. The number of carboxylic acid groups (broad SMARTS) is 1. The van der Waals surface area contributed by atoms with E-state index >= 15 is 0 Å². The van der Waals surface area contributed by atoms with Gasteiger partial charge in [-0.25, -0.2) is 0 Å². The summed E-state index contributed by atoms with van der Waals surface area (Å²) >= 11 is 0. The summed E-state index contributed by atoms with van der Waals surface area (Å²) in [6.45, 7) is 2.34. The second-order valence-corrected chi connectivity index (χ2v) is 7.66. The molecule has 0 aliphatic rings. The van der Waals surface area contributed by atoms with Gasteiger partial charge in [0.2, 0.25) is 0 Å². The molecule has 3 aromatic rings. The summed E-state index contributed by atoms with van der Waals surface area (Å²) in [5.74, 6) is -0.676. The van der Waals surface area contributed by atoms with Crippen molar-refractivity contribution in [1.82, 2.24) is 0 Å². The van der Waals surface area contributed by atoms with Gasteiger partial charge in [0.1, 0.15) is 5.75 Å². The van der Waals surface area contributed by atoms with Crippen LogP contribution in [0, 0.1) is 0 Å². The molecular weight excluding hydrogens is 380 g/mol. The van der Waals surface area contributed by atoms with E-state index in [2.05, 4.69) is 0 Å². The molecule has 3 rings (SSSR count). The monoisotopic (exact) mass is 408 g/mol. The van der Waals surface area contributed by atoms with E-state index in [9.17, 15) is 15.0 Å². The fourth-order valence-electron chi connectivity index (χ4n) is 3.44. The first-order valence-electron chi connectivity index (χ1n) is 10.3. The van der Waals surface area contributed by atoms with E-state index in [-0.39, 0.29) is 11.5 Å². The van der Waals surface area contributed by atoms with Gasteiger partial charge in [0.05, 0.1) is 12.5 Å². The topological polar surface area (TPSA) is 87.0 Å². The Kier molecular flexibility index (Phi) is 7.17. The first kappa shape index (κ1) is 21.5. The molecule has 0 bridgehead atoms. The van der Waals surface area contributed by atoms with Crippen molar-refractivity contribution in [1.29, 1.82) is 0 Å². The lowest BCUT2D eigenvalue weighted by molar-refractivity contribution is -0.138. The quantitative estimate of drug-likeness (QED) is 0.299. The van der Waals surface area contributed by atoms with Crippen LogP contribution in [0.25, 0.3) is 10.8 Å². The lowest BCUT2D eigenvalue weighted by Crippen LogP contribution is -2.07. The Balaban J connectivity index is 1.40. The number of aliphatic carboxylic acids is 1. The molecule has 0 amide bonds. The van der Waals surface area contributed by atoms with Gasteiger partial charge in [-0.1, -0.05) is 43.2 Å². The fraction of sp³-hybridized carbons (Fsp3) is 0.320. The summed E-state index contributed by atoms with van der Waals surface area (Å²) < 4.78 is 5.87. The third kappa shape index (κ3) is 5.66. The van der Waals surface area contributed by atoms with Crippen LogP contribution in [-0.4, -0.2) is 27.9 Å². The summed E-state index contributed by atoms with van der Waals surface area (Å²) in [5, 5.41) is 30.1. The number of hydrogen-bond donors (Lipinski definition) is 3. The molecule has 1 atom stereocenters. The number of phenolic OH excluding ortho intramolecular Hbond substituents is 2. The van der Waals surface area contributed by atoms with Crippen LogP contribution >= 0.6 is 0 Å². The molecule has 3 N–H and O–H groups in total. The highest BCUT2D eigenvalue weighted by Gasteiger charge is 2.13. The van der Waals surface area contributed by atoms with Gasteiger partial charge in [0.15, 0.2) is 11.5 Å². The second-order valence-electron chi connectivity index (χ2n) is 7.66. The molecule has 0 saturated heterocycles. The molecule has 30 heavy (non-hydrogen) atoms. The van der Waals surface area contributed by atoms with Crippen LogP contribution in [0.15, 0.2) is 54.6 Å². The van der Waals surface area contributed by atoms with Gasteiger partial charge in [-0.2, -0.15) is 0 Å². The van der Waals surface area contributed by atoms with Crippen molar-refractivity contribution in [2.45, 2.75) is 44.9 Å². The van der Waals surface area contributed by atoms with E-state index in [1.54, 1.807) is 13.0 Å². The van der Waals surface area contributed by atoms with E-state index in [1.807, 2.05) is 42.5 Å². The molecule has 158 valence electrons. The minimum absolute atomic E-state index is 0.0658. The van der Waals surface area contributed by atoms with Crippen molar-refractivity contribution in [2.75, 3.05) is 6.61 Å². The number of phenols is 2. The number of aryl methyl sites for hydroxylation is 1. The zero-order valence-corrected chi connectivity index (χ0v) is 17.2. The van der Waals surface area contributed by atoms with E-state index in [0.29, 0.717) is 6.61 Å². The molecule has 3 aromatic carbocycles. The summed E-state index contributed by atoms with van der Waals surface area (Å²) in [5.41, 5.74) is 1.82. The summed E-state index contributed by atoms with van der Waals surface area (Å²) in [7, 11) is 0. The molecule has 0 spiro atoms. The van der Waals surface area contributed by atoms with Gasteiger partial charge in [0, 0.05) is 0 Å². The third-order valence-corrected chi connectivity index (χ3v) is 5.37. The number of carboxylic acids is 1. The zero-order valence-electron chi connectivity index (χ0n) is 17.2. The fourth-order valence-corrected chi connectivity index (χ4v) is 3.44. The van der Waals surface area contributed by atoms with Crippen LogP contribution in [-0.2, 0) is 11.2 Å². The molecule has 5 nitrogen and oxygen atoms in total. The molecule has 0 aliphatic carbocycles. The van der Waals surface area contributed by atoms with Gasteiger partial charge in [-0.3, -0.25) is 4.79 Å². The van der Waals surface area contributed by atoms with Crippen molar-refractivity contribution >= 4 is 16.7 Å². The summed E-state index contributed by atoms with van der Waals surface area (Å²) in [6, 6.07) is 16.6. The minimum atomic E-state index is -0.824. The average molecular weight is 408 g/mol. The number of rotatable bonds is 10. The second kappa shape index (κ2) is 10.0. The largest absolute Gasteiger partial charge is 0.504 e. The minimum Gasteiger partial charge on any atom is -0.504 e. The number of hydrogen-bond acceptors (Lipinski definition) is 4. The Hall–Kier alpha value is -3.21. The van der Waals surface area contributed by atoms with Crippen LogP contribution in [0.2, 0.25) is 0 Å². The number of ether oxygens (including phenoxy) is 1. The first-order valence-corrected chi connectivity index (χ1v) is 10.3. The van der Waals surface area contributed by atoms with Crippen LogP contribution < -0.4 is 4.74 Å². The Morgan fingerprint density at radius 3 is 2.37 bits per heavy atom. The maximum atomic E-state index is 11.2. The SMILES string of the molecule is C[C@@H](C(=O)O)c1ccc2cc(OCCCCCCc3ccc(O)c(O)c3)ccc2c1. The number of benzene rings is 3. The van der Waals surface area contributed by atoms with E-state index in [0.717, 1.165) is 59.8 Å². The molecule has 0 aromatic heterocycles. The number of carbonyl (C=O) groups is 1. The Labute approximate surface area is 176 Å². The van der Waals surface area contributed by atoms with Gasteiger partial charge in [-0.15, -0.1) is 0 Å². The smallest absolute Gasteiger partial charge is 0.310 e. The highest BCUT2D eigenvalue weighted by Crippen LogP contribution is 2.27. The summed E-state index contributed by atoms with van der Waals surface area (Å²) in [6.07, 6.45) is 5.01. The van der Waals surface area contributed by atoms with Crippen molar-refractivity contribution < 1.29 is 24.9 Å². The molecular formula is C25H28O5. The van der Waals surface area contributed by atoms with Crippen LogP contribution in [0.3, 0.4) is 0 Å². The van der Waals surface area contributed by atoms with E-state index < -0.39 is 11.9 Å². The van der Waals surface area contributed by atoms with Gasteiger partial charge in [0.25, 0.3) is 0 Å². The van der Waals surface area contributed by atoms with Crippen molar-refractivity contribution in [3.05, 3.63) is 65.7 Å². The van der Waals surface area contributed by atoms with Crippen molar-refractivity contribution in [3.63, 3.8) is 0 Å². The van der Waals surface area contributed by atoms with Crippen molar-refractivity contribution in [3.8, 4) is 17.2 Å². The van der Waals surface area contributed by atoms with Gasteiger partial charge >= 0.3 is 5.97 Å². The standard InChI is InChI=1S/C25H28O5/c1-17(25(28)29)19-8-9-21-16-22(11-10-20(21)15-19)30-13-5-3-2-4-6-18-7-12-23(26)24(27)14-18/h7-12,14-17,26-27H,2-6,13H2,1H3,(H,28,29)/t17-/m1/s1. The highest BCUT2D eigenvalue weighted by molar-refractivity contribution is 5.86. The molecule has 0 aliphatic heterocycles. The molecule has 0 radical (unpaired) electrons. The zero-order chi connectivity index (χ0) is 21.5. The number of aromatic hydroxyl groups is 2. The normalized spacial score (nSPS) is 12.0. The Bertz CT molecular complexity index is 1010. The third-order valence-electron chi connectivity index (χ3n) is 5.37. The first-order chi connectivity index (χ1) is 14.4. The van der Waals surface area contributed by atoms with E-state index in [4.69, 9.17) is 9.84 Å². The highest BCUT2D eigenvalue weighted by atomic mass is 16.5. The summed E-state index contributed by atoms with van der Waals surface area (Å²) in [4.78, 5) is 11.2. The average Bonchev–Trinajstić information content (AvgIpc) is 2.74. The number of fused-ring (bicyclic) bond motifs is 1. The lowest BCUT2D eigenvalue weighted by atomic mass is 9.98. The van der Waals surface area contributed by atoms with Crippen molar-refractivity contribution in [2.24, 2.45) is 0 Å². The molecule has 0 unspecified atom stereocenters. The predicted octanol–water partition coefficient (Wildman–Crippen LogP) is 5.62. The maximum absolute atomic E-state index is 11.2. The Morgan fingerprint density at radius 2 is 1.60 bits per heavy atom. The van der Waals surface area contributed by atoms with Crippen LogP contribution in [0.4, 0.5) is 0 Å². The van der Waals surface area contributed by atoms with Crippen LogP contribution in [0.5, 0.6) is 17.2 Å². The molecule has 0 heterocycles. The maximum Gasteiger partial charge on any atom is 0.310 e. The van der Waals surface area contributed by atoms with E-state index in [1.165, 1.54) is 6.07 Å².